The van der Waals surface area contributed by atoms with Crippen LogP contribution in [0, 0.1) is 0 Å². The van der Waals surface area contributed by atoms with Crippen molar-refractivity contribution >= 4 is 27.5 Å². The second-order valence-corrected chi connectivity index (χ2v) is 6.60. The number of pyridine rings is 2. The number of benzene rings is 3. The van der Waals surface area contributed by atoms with E-state index in [0.717, 1.165) is 33.2 Å². The van der Waals surface area contributed by atoms with Gasteiger partial charge in [-0.05, 0) is 52.2 Å². The molecule has 0 aliphatic carbocycles. The Morgan fingerprint density at radius 2 is 1.56 bits per heavy atom. The molecule has 0 aliphatic rings. The molecule has 5 aromatic rings. The number of nitrogen functional groups attached to an aromatic ring is 1. The van der Waals surface area contributed by atoms with Crippen LogP contribution in [0.1, 0.15) is 0 Å². The first-order valence-electron chi connectivity index (χ1n) is 8.88. The van der Waals surface area contributed by atoms with Crippen LogP contribution in [-0.2, 0) is 0 Å². The summed E-state index contributed by atoms with van der Waals surface area (Å²) < 4.78 is 0. The van der Waals surface area contributed by atoms with Crippen molar-refractivity contribution in [3.8, 4) is 22.3 Å². The predicted octanol–water partition coefficient (Wildman–Crippen LogP) is 5.70. The van der Waals surface area contributed by atoms with E-state index in [2.05, 4.69) is 70.6 Å². The second-order valence-electron chi connectivity index (χ2n) is 6.60. The van der Waals surface area contributed by atoms with Crippen LogP contribution in [0.3, 0.4) is 0 Å². The first-order valence-corrected chi connectivity index (χ1v) is 8.88. The lowest BCUT2D eigenvalue weighted by molar-refractivity contribution is 1.33. The van der Waals surface area contributed by atoms with Crippen molar-refractivity contribution in [3.63, 3.8) is 0 Å². The van der Waals surface area contributed by atoms with Gasteiger partial charge >= 0.3 is 0 Å². The third kappa shape index (κ3) is 2.70. The van der Waals surface area contributed by atoms with Crippen molar-refractivity contribution < 1.29 is 0 Å². The summed E-state index contributed by atoms with van der Waals surface area (Å²) in [4.78, 5) is 8.93. The SMILES string of the molecule is Nc1ccc2cc(-c3cccnc3)cc(-c3cccc4ccccc34)c2n1. The molecule has 0 amide bonds. The summed E-state index contributed by atoms with van der Waals surface area (Å²) in [5.41, 5.74) is 11.4. The minimum atomic E-state index is 0.526. The largest absolute Gasteiger partial charge is 0.384 e. The van der Waals surface area contributed by atoms with Gasteiger partial charge in [-0.2, -0.15) is 0 Å². The maximum absolute atomic E-state index is 6.01. The number of nitrogens with two attached hydrogens (primary N) is 1. The molecule has 0 saturated heterocycles. The Hall–Kier alpha value is -3.72. The standard InChI is InChI=1S/C24H17N3/c25-23-11-10-17-13-19(18-7-4-12-26-15-18)14-22(24(17)27-23)21-9-3-6-16-5-1-2-8-20(16)21/h1-15H,(H2,25,27). The Morgan fingerprint density at radius 1 is 0.667 bits per heavy atom. The van der Waals surface area contributed by atoms with Crippen molar-refractivity contribution in [3.05, 3.63) is 91.3 Å². The van der Waals surface area contributed by atoms with E-state index in [1.54, 1.807) is 6.20 Å². The smallest absolute Gasteiger partial charge is 0.124 e. The average molecular weight is 347 g/mol. The summed E-state index contributed by atoms with van der Waals surface area (Å²) in [6.45, 7) is 0. The van der Waals surface area contributed by atoms with Crippen LogP contribution in [-0.4, -0.2) is 9.97 Å². The van der Waals surface area contributed by atoms with Gasteiger partial charge < -0.3 is 5.73 Å². The van der Waals surface area contributed by atoms with Crippen molar-refractivity contribution in [2.24, 2.45) is 0 Å². The fraction of sp³-hybridized carbons (Fsp3) is 0. The summed E-state index contributed by atoms with van der Waals surface area (Å²) in [6.07, 6.45) is 3.68. The van der Waals surface area contributed by atoms with Crippen LogP contribution in [0.15, 0.2) is 91.3 Å². The highest BCUT2D eigenvalue weighted by Crippen LogP contribution is 2.36. The van der Waals surface area contributed by atoms with Crippen molar-refractivity contribution in [1.29, 1.82) is 0 Å². The third-order valence-corrected chi connectivity index (χ3v) is 4.89. The number of fused-ring (bicyclic) bond motifs is 2. The molecule has 3 heteroatoms. The zero-order valence-electron chi connectivity index (χ0n) is 14.6. The fourth-order valence-electron chi connectivity index (χ4n) is 3.62. The maximum Gasteiger partial charge on any atom is 0.124 e. The van der Waals surface area contributed by atoms with E-state index in [1.807, 2.05) is 24.4 Å². The Bertz CT molecular complexity index is 1270. The highest BCUT2D eigenvalue weighted by Gasteiger charge is 2.12. The number of hydrogen-bond donors (Lipinski definition) is 1. The fourth-order valence-corrected chi connectivity index (χ4v) is 3.62. The predicted molar refractivity (Wildman–Crippen MR) is 112 cm³/mol. The second kappa shape index (κ2) is 6.22. The van der Waals surface area contributed by atoms with Gasteiger partial charge in [0.25, 0.3) is 0 Å². The molecule has 128 valence electrons. The zero-order chi connectivity index (χ0) is 18.2. The topological polar surface area (TPSA) is 51.8 Å². The molecule has 0 spiro atoms. The van der Waals surface area contributed by atoms with E-state index in [9.17, 15) is 0 Å². The Balaban J connectivity index is 1.88. The van der Waals surface area contributed by atoms with Gasteiger partial charge in [-0.3, -0.25) is 4.98 Å². The normalized spacial score (nSPS) is 11.1. The average Bonchev–Trinajstić information content (AvgIpc) is 2.73. The monoisotopic (exact) mass is 347 g/mol. The summed E-state index contributed by atoms with van der Waals surface area (Å²) in [6, 6.07) is 27.0. The van der Waals surface area contributed by atoms with Crippen molar-refractivity contribution in [2.75, 3.05) is 5.73 Å². The lowest BCUT2D eigenvalue weighted by Gasteiger charge is -2.13. The molecule has 0 atom stereocenters. The lowest BCUT2D eigenvalue weighted by Crippen LogP contribution is -1.93. The van der Waals surface area contributed by atoms with Crippen LogP contribution in [0.2, 0.25) is 0 Å². The van der Waals surface area contributed by atoms with Crippen LogP contribution >= 0.6 is 0 Å². The molecule has 0 fully saturated rings. The highest BCUT2D eigenvalue weighted by molar-refractivity contribution is 6.05. The number of rotatable bonds is 2. The van der Waals surface area contributed by atoms with Crippen LogP contribution in [0.5, 0.6) is 0 Å². The zero-order valence-corrected chi connectivity index (χ0v) is 14.6. The summed E-state index contributed by atoms with van der Waals surface area (Å²) in [5, 5.41) is 3.47. The number of hydrogen-bond acceptors (Lipinski definition) is 3. The molecule has 3 aromatic carbocycles. The van der Waals surface area contributed by atoms with E-state index < -0.39 is 0 Å². The van der Waals surface area contributed by atoms with E-state index in [-0.39, 0.29) is 0 Å². The molecule has 0 aliphatic heterocycles. The molecule has 0 saturated carbocycles. The number of aromatic nitrogens is 2. The molecule has 0 radical (unpaired) electrons. The van der Waals surface area contributed by atoms with Crippen LogP contribution in [0.25, 0.3) is 43.9 Å². The Labute approximate surface area is 157 Å². The van der Waals surface area contributed by atoms with Gasteiger partial charge in [-0.25, -0.2) is 4.98 Å². The Kier molecular flexibility index (Phi) is 3.58. The van der Waals surface area contributed by atoms with E-state index in [4.69, 9.17) is 5.73 Å². The Morgan fingerprint density at radius 3 is 2.44 bits per heavy atom. The van der Waals surface area contributed by atoms with Crippen LogP contribution in [0.4, 0.5) is 5.82 Å². The van der Waals surface area contributed by atoms with E-state index >= 15 is 0 Å². The molecule has 0 bridgehead atoms. The minimum Gasteiger partial charge on any atom is -0.384 e. The highest BCUT2D eigenvalue weighted by atomic mass is 14.8. The third-order valence-electron chi connectivity index (χ3n) is 4.89. The van der Waals surface area contributed by atoms with Gasteiger partial charge in [-0.1, -0.05) is 48.5 Å². The summed E-state index contributed by atoms with van der Waals surface area (Å²) in [7, 11) is 0. The number of nitrogens with zero attached hydrogens (tertiary/aromatic N) is 2. The molecule has 2 N–H and O–H groups in total. The number of anilines is 1. The van der Waals surface area contributed by atoms with E-state index in [0.29, 0.717) is 5.82 Å². The molecular formula is C24H17N3. The first kappa shape index (κ1) is 15.5. The van der Waals surface area contributed by atoms with Crippen molar-refractivity contribution in [2.45, 2.75) is 0 Å². The molecular weight excluding hydrogens is 330 g/mol. The van der Waals surface area contributed by atoms with Gasteiger partial charge in [0.15, 0.2) is 0 Å². The van der Waals surface area contributed by atoms with Gasteiger partial charge in [0, 0.05) is 28.9 Å². The molecule has 3 nitrogen and oxygen atoms in total. The molecule has 2 aromatic heterocycles. The molecule has 27 heavy (non-hydrogen) atoms. The lowest BCUT2D eigenvalue weighted by atomic mass is 9.93. The van der Waals surface area contributed by atoms with Crippen molar-refractivity contribution in [1.82, 2.24) is 9.97 Å². The van der Waals surface area contributed by atoms with Gasteiger partial charge in [0.05, 0.1) is 5.52 Å². The maximum atomic E-state index is 6.01. The minimum absolute atomic E-state index is 0.526. The molecule has 5 rings (SSSR count). The van der Waals surface area contributed by atoms with Gasteiger partial charge in [-0.15, -0.1) is 0 Å². The molecule has 0 unspecified atom stereocenters. The quantitative estimate of drug-likeness (QED) is 0.446. The van der Waals surface area contributed by atoms with Gasteiger partial charge in [0.2, 0.25) is 0 Å². The molecule has 2 heterocycles. The summed E-state index contributed by atoms with van der Waals surface area (Å²) in [5.74, 6) is 0.526. The van der Waals surface area contributed by atoms with Crippen LogP contribution < -0.4 is 5.73 Å². The van der Waals surface area contributed by atoms with E-state index in [1.165, 1.54) is 10.8 Å². The first-order chi connectivity index (χ1) is 13.3. The van der Waals surface area contributed by atoms with Gasteiger partial charge in [0.1, 0.15) is 5.82 Å². The summed E-state index contributed by atoms with van der Waals surface area (Å²) >= 11 is 0.